The van der Waals surface area contributed by atoms with Crippen LogP contribution in [-0.4, -0.2) is 5.60 Å². The van der Waals surface area contributed by atoms with Crippen LogP contribution in [0.1, 0.15) is 37.4 Å². The Bertz CT molecular complexity index is 482. The molecule has 1 aromatic rings. The fourth-order valence-corrected chi connectivity index (χ4v) is 2.20. The quantitative estimate of drug-likeness (QED) is 0.728. The van der Waals surface area contributed by atoms with Gasteiger partial charge in [0.2, 0.25) is 0 Å². The van der Waals surface area contributed by atoms with Crippen LogP contribution in [0, 0.1) is 5.82 Å². The van der Waals surface area contributed by atoms with Gasteiger partial charge in [-0.2, -0.15) is 13.2 Å². The zero-order valence-electron chi connectivity index (χ0n) is 9.94. The number of alkyl halides is 3. The van der Waals surface area contributed by atoms with E-state index in [0.717, 1.165) is 6.07 Å². The van der Waals surface area contributed by atoms with Gasteiger partial charge >= 0.3 is 6.18 Å². The van der Waals surface area contributed by atoms with Gasteiger partial charge in [0, 0.05) is 18.0 Å². The van der Waals surface area contributed by atoms with Crippen molar-refractivity contribution < 1.29 is 22.3 Å². The highest BCUT2D eigenvalue weighted by Crippen LogP contribution is 2.46. The van der Waals surface area contributed by atoms with E-state index < -0.39 is 34.9 Å². The van der Waals surface area contributed by atoms with Gasteiger partial charge in [0.25, 0.3) is 0 Å². The third-order valence-electron chi connectivity index (χ3n) is 2.91. The Labute approximate surface area is 102 Å². The van der Waals surface area contributed by atoms with Crippen molar-refractivity contribution in [1.82, 2.24) is 0 Å². The van der Waals surface area contributed by atoms with Gasteiger partial charge in [0.1, 0.15) is 17.2 Å². The second-order valence-electron chi connectivity index (χ2n) is 5.01. The molecule has 1 heterocycles. The molecule has 6 heteroatoms. The van der Waals surface area contributed by atoms with Crippen LogP contribution in [0.25, 0.3) is 0 Å². The molecule has 1 atom stereocenters. The first-order valence-electron chi connectivity index (χ1n) is 5.46. The molecule has 0 aromatic heterocycles. The van der Waals surface area contributed by atoms with Crippen LogP contribution in [0.2, 0.25) is 0 Å². The lowest BCUT2D eigenvalue weighted by molar-refractivity contribution is -0.140. The topological polar surface area (TPSA) is 35.2 Å². The summed E-state index contributed by atoms with van der Waals surface area (Å²) in [6.45, 7) is 3.25. The third-order valence-corrected chi connectivity index (χ3v) is 2.91. The number of halogens is 4. The van der Waals surface area contributed by atoms with Gasteiger partial charge in [0.05, 0.1) is 5.56 Å². The van der Waals surface area contributed by atoms with Crippen molar-refractivity contribution in [1.29, 1.82) is 0 Å². The van der Waals surface area contributed by atoms with E-state index in [1.807, 2.05) is 0 Å². The SMILES string of the molecule is CC1(C)C[C@@H](N)c2c(F)ccc(C(F)(F)F)c2O1. The first-order chi connectivity index (χ1) is 8.12. The molecule has 1 aliphatic rings. The average Bonchev–Trinajstić information content (AvgIpc) is 2.12. The molecule has 2 nitrogen and oxygen atoms in total. The number of fused-ring (bicyclic) bond motifs is 1. The predicted octanol–water partition coefficient (Wildman–Crippen LogP) is 3.41. The standard InChI is InChI=1S/C12H13F4NO/c1-11(2)5-8(17)9-7(13)4-3-6(10(9)18-11)12(14,15)16/h3-4,8H,5,17H2,1-2H3/t8-/m1/s1. The largest absolute Gasteiger partial charge is 0.487 e. The lowest BCUT2D eigenvalue weighted by atomic mass is 9.88. The number of benzene rings is 1. The van der Waals surface area contributed by atoms with E-state index in [2.05, 4.69) is 0 Å². The zero-order valence-corrected chi connectivity index (χ0v) is 9.94. The Hall–Kier alpha value is -1.30. The van der Waals surface area contributed by atoms with Crippen LogP contribution in [0.15, 0.2) is 12.1 Å². The van der Waals surface area contributed by atoms with Crippen LogP contribution < -0.4 is 10.5 Å². The van der Waals surface area contributed by atoms with Gasteiger partial charge in [-0.25, -0.2) is 4.39 Å². The molecule has 0 fully saturated rings. The summed E-state index contributed by atoms with van der Waals surface area (Å²) in [5, 5.41) is 0. The van der Waals surface area contributed by atoms with Crippen molar-refractivity contribution in [2.75, 3.05) is 0 Å². The highest BCUT2D eigenvalue weighted by atomic mass is 19.4. The molecule has 100 valence electrons. The monoisotopic (exact) mass is 263 g/mol. The summed E-state index contributed by atoms with van der Waals surface area (Å²) in [6.07, 6.45) is -4.33. The van der Waals surface area contributed by atoms with E-state index in [9.17, 15) is 17.6 Å². The molecule has 0 radical (unpaired) electrons. The molecule has 18 heavy (non-hydrogen) atoms. The Morgan fingerprint density at radius 1 is 1.33 bits per heavy atom. The minimum absolute atomic E-state index is 0.191. The molecular formula is C12H13F4NO. The molecule has 2 N–H and O–H groups in total. The maximum atomic E-state index is 13.6. The summed E-state index contributed by atoms with van der Waals surface area (Å²) in [5.41, 5.74) is 3.73. The van der Waals surface area contributed by atoms with Crippen molar-refractivity contribution in [2.24, 2.45) is 5.73 Å². The summed E-state index contributed by atoms with van der Waals surface area (Å²) in [5.74, 6) is -1.24. The van der Waals surface area contributed by atoms with E-state index in [1.54, 1.807) is 13.8 Å². The second-order valence-corrected chi connectivity index (χ2v) is 5.01. The summed E-state index contributed by atoms with van der Waals surface area (Å²) in [7, 11) is 0. The van der Waals surface area contributed by atoms with E-state index in [1.165, 1.54) is 0 Å². The average molecular weight is 263 g/mol. The van der Waals surface area contributed by atoms with Crippen LogP contribution in [0.5, 0.6) is 5.75 Å². The Balaban J connectivity index is 2.66. The molecule has 0 aliphatic carbocycles. The van der Waals surface area contributed by atoms with Gasteiger partial charge in [0.15, 0.2) is 0 Å². The molecule has 0 saturated carbocycles. The summed E-state index contributed by atoms with van der Waals surface area (Å²) >= 11 is 0. The first-order valence-corrected chi connectivity index (χ1v) is 5.46. The Morgan fingerprint density at radius 3 is 2.50 bits per heavy atom. The molecule has 0 unspecified atom stereocenters. The second kappa shape index (κ2) is 3.85. The lowest BCUT2D eigenvalue weighted by Crippen LogP contribution is -2.39. The van der Waals surface area contributed by atoms with Crippen molar-refractivity contribution in [3.63, 3.8) is 0 Å². The minimum Gasteiger partial charge on any atom is -0.487 e. The normalized spacial score (nSPS) is 22.3. The van der Waals surface area contributed by atoms with E-state index in [-0.39, 0.29) is 12.0 Å². The van der Waals surface area contributed by atoms with E-state index >= 15 is 0 Å². The van der Waals surface area contributed by atoms with Crippen LogP contribution in [0.3, 0.4) is 0 Å². The summed E-state index contributed by atoms with van der Waals surface area (Å²) in [4.78, 5) is 0. The minimum atomic E-state index is -4.59. The molecular weight excluding hydrogens is 250 g/mol. The fraction of sp³-hybridized carbons (Fsp3) is 0.500. The third kappa shape index (κ3) is 2.16. The predicted molar refractivity (Wildman–Crippen MR) is 57.7 cm³/mol. The number of nitrogens with two attached hydrogens (primary N) is 1. The lowest BCUT2D eigenvalue weighted by Gasteiger charge is -2.37. The van der Waals surface area contributed by atoms with Crippen molar-refractivity contribution in [2.45, 2.75) is 38.1 Å². The Morgan fingerprint density at radius 2 is 1.94 bits per heavy atom. The summed E-state index contributed by atoms with van der Waals surface area (Å²) < 4.78 is 57.4. The molecule has 0 bridgehead atoms. The number of hydrogen-bond acceptors (Lipinski definition) is 2. The summed E-state index contributed by atoms with van der Waals surface area (Å²) in [6, 6.07) is 0.664. The smallest absolute Gasteiger partial charge is 0.419 e. The van der Waals surface area contributed by atoms with E-state index in [4.69, 9.17) is 10.5 Å². The van der Waals surface area contributed by atoms with Gasteiger partial charge < -0.3 is 10.5 Å². The maximum Gasteiger partial charge on any atom is 0.419 e. The van der Waals surface area contributed by atoms with Gasteiger partial charge in [-0.3, -0.25) is 0 Å². The van der Waals surface area contributed by atoms with Crippen LogP contribution in [-0.2, 0) is 6.18 Å². The fourth-order valence-electron chi connectivity index (χ4n) is 2.20. The van der Waals surface area contributed by atoms with Crippen LogP contribution >= 0.6 is 0 Å². The van der Waals surface area contributed by atoms with Gasteiger partial charge in [-0.1, -0.05) is 0 Å². The zero-order chi connectivity index (χ0) is 13.7. The van der Waals surface area contributed by atoms with E-state index in [0.29, 0.717) is 6.07 Å². The van der Waals surface area contributed by atoms with Gasteiger partial charge in [-0.05, 0) is 26.0 Å². The highest BCUT2D eigenvalue weighted by Gasteiger charge is 2.42. The number of hydrogen-bond donors (Lipinski definition) is 1. The molecule has 1 aromatic carbocycles. The van der Waals surface area contributed by atoms with Crippen molar-refractivity contribution in [3.05, 3.63) is 29.1 Å². The van der Waals surface area contributed by atoms with Crippen molar-refractivity contribution >= 4 is 0 Å². The van der Waals surface area contributed by atoms with Crippen LogP contribution in [0.4, 0.5) is 17.6 Å². The number of rotatable bonds is 0. The molecule has 0 saturated heterocycles. The molecule has 1 aliphatic heterocycles. The first kappa shape index (κ1) is 13.1. The molecule has 0 spiro atoms. The van der Waals surface area contributed by atoms with Crippen molar-refractivity contribution in [3.8, 4) is 5.75 Å². The Kier molecular flexibility index (Phi) is 2.81. The molecule has 2 rings (SSSR count). The molecule has 0 amide bonds. The highest BCUT2D eigenvalue weighted by molar-refractivity contribution is 5.47. The van der Waals surface area contributed by atoms with Gasteiger partial charge in [-0.15, -0.1) is 0 Å². The maximum absolute atomic E-state index is 13.6. The number of ether oxygens (including phenoxy) is 1.